The van der Waals surface area contributed by atoms with Crippen molar-refractivity contribution in [2.24, 2.45) is 5.92 Å². The number of benzene rings is 1. The summed E-state index contributed by atoms with van der Waals surface area (Å²) in [4.78, 5) is 5.84. The van der Waals surface area contributed by atoms with Crippen molar-refractivity contribution in [3.05, 3.63) is 36.0 Å². The highest BCUT2D eigenvalue weighted by atomic mass is 32.2. The molecule has 2 atom stereocenters. The average Bonchev–Trinajstić information content (AvgIpc) is 2.69. The van der Waals surface area contributed by atoms with Crippen LogP contribution in [0, 0.1) is 17.2 Å². The van der Waals surface area contributed by atoms with Crippen molar-refractivity contribution in [1.29, 1.82) is 5.26 Å². The highest BCUT2D eigenvalue weighted by molar-refractivity contribution is 7.85. The highest BCUT2D eigenvalue weighted by Gasteiger charge is 2.44. The number of fused-ring (bicyclic) bond motifs is 1. The van der Waals surface area contributed by atoms with Gasteiger partial charge in [-0.25, -0.2) is 0 Å². The number of pyridine rings is 1. The number of piperidine rings is 1. The molecule has 1 aliphatic rings. The summed E-state index contributed by atoms with van der Waals surface area (Å²) in [5, 5.41) is 12.9. The van der Waals surface area contributed by atoms with Crippen molar-refractivity contribution < 1.29 is 26.1 Å². The van der Waals surface area contributed by atoms with Crippen LogP contribution in [-0.4, -0.2) is 55.6 Å². The molecule has 1 aromatic carbocycles. The Balaban J connectivity index is 1.85. The van der Waals surface area contributed by atoms with Gasteiger partial charge in [0, 0.05) is 36.4 Å². The number of aromatic nitrogens is 1. The van der Waals surface area contributed by atoms with Gasteiger partial charge in [0.2, 0.25) is 0 Å². The van der Waals surface area contributed by atoms with E-state index in [2.05, 4.69) is 10.3 Å². The van der Waals surface area contributed by atoms with Gasteiger partial charge in [0.15, 0.2) is 0 Å². The van der Waals surface area contributed by atoms with Gasteiger partial charge in [0.1, 0.15) is 6.07 Å². The Morgan fingerprint density at radius 3 is 2.73 bits per heavy atom. The van der Waals surface area contributed by atoms with Crippen LogP contribution in [0.4, 0.5) is 18.9 Å². The predicted octanol–water partition coefficient (Wildman–Crippen LogP) is 2.73. The number of nitrogens with zero attached hydrogens (tertiary/aromatic N) is 3. The number of hydrogen-bond acceptors (Lipinski definition) is 6. The molecule has 0 amide bonds. The van der Waals surface area contributed by atoms with Gasteiger partial charge in [-0.05, 0) is 43.7 Å². The smallest absolute Gasteiger partial charge is 0.369 e. The molecule has 0 unspecified atom stereocenters. The van der Waals surface area contributed by atoms with E-state index in [0.717, 1.165) is 0 Å². The molecular weight excluding hydrogens is 421 g/mol. The normalized spacial score (nSPS) is 20.3. The Morgan fingerprint density at radius 1 is 1.30 bits per heavy atom. The van der Waals surface area contributed by atoms with Crippen molar-refractivity contribution in [3.63, 3.8) is 0 Å². The summed E-state index contributed by atoms with van der Waals surface area (Å²) in [6.45, 7) is 0.232. The molecule has 2 aromatic rings. The van der Waals surface area contributed by atoms with E-state index in [1.165, 1.54) is 6.20 Å². The van der Waals surface area contributed by atoms with Crippen LogP contribution in [0.3, 0.4) is 0 Å². The molecule has 0 radical (unpaired) electrons. The van der Waals surface area contributed by atoms with E-state index < -0.39 is 34.0 Å². The van der Waals surface area contributed by atoms with Gasteiger partial charge < -0.3 is 10.2 Å². The summed E-state index contributed by atoms with van der Waals surface area (Å²) in [6.07, 6.45) is -2.89. The molecule has 0 saturated carbocycles. The maximum atomic E-state index is 13.6. The van der Waals surface area contributed by atoms with Crippen LogP contribution in [0.25, 0.3) is 10.9 Å². The van der Waals surface area contributed by atoms with Gasteiger partial charge in [-0.1, -0.05) is 0 Å². The molecule has 1 aromatic heterocycles. The second-order valence-corrected chi connectivity index (χ2v) is 8.89. The fourth-order valence-electron chi connectivity index (χ4n) is 3.77. The summed E-state index contributed by atoms with van der Waals surface area (Å²) in [5.41, 5.74) is 1.35. The molecule has 0 aliphatic carbocycles. The monoisotopic (exact) mass is 442 g/mol. The van der Waals surface area contributed by atoms with E-state index in [-0.39, 0.29) is 32.5 Å². The van der Waals surface area contributed by atoms with Crippen molar-refractivity contribution >= 4 is 26.7 Å². The SMILES string of the molecule is N#Cc1ccc(N2C[C@@H](NCCCS(=O)(=O)O)C[C@@H](C(F)(F)F)C2)c2cccnc12. The summed E-state index contributed by atoms with van der Waals surface area (Å²) >= 11 is 0. The lowest BCUT2D eigenvalue weighted by Crippen LogP contribution is -2.53. The summed E-state index contributed by atoms with van der Waals surface area (Å²) in [6, 6.07) is 8.11. The molecule has 7 nitrogen and oxygen atoms in total. The third kappa shape index (κ3) is 5.38. The van der Waals surface area contributed by atoms with E-state index in [1.807, 2.05) is 6.07 Å². The first-order valence-electron chi connectivity index (χ1n) is 9.36. The van der Waals surface area contributed by atoms with Gasteiger partial charge in [0.25, 0.3) is 10.1 Å². The maximum absolute atomic E-state index is 13.6. The van der Waals surface area contributed by atoms with Crippen LogP contribution >= 0.6 is 0 Å². The maximum Gasteiger partial charge on any atom is 0.393 e. The molecule has 1 aliphatic heterocycles. The number of rotatable bonds is 6. The first-order chi connectivity index (χ1) is 14.1. The third-order valence-electron chi connectivity index (χ3n) is 5.13. The summed E-state index contributed by atoms with van der Waals surface area (Å²) in [7, 11) is -4.11. The lowest BCUT2D eigenvalue weighted by atomic mass is 9.92. The Kier molecular flexibility index (Phi) is 6.50. The Labute approximate surface area is 172 Å². The van der Waals surface area contributed by atoms with Gasteiger partial charge in [-0.3, -0.25) is 9.54 Å². The molecule has 3 rings (SSSR count). The van der Waals surface area contributed by atoms with Crippen molar-refractivity contribution in [3.8, 4) is 6.07 Å². The van der Waals surface area contributed by atoms with E-state index in [1.54, 1.807) is 29.2 Å². The molecule has 11 heteroatoms. The average molecular weight is 442 g/mol. The van der Waals surface area contributed by atoms with E-state index >= 15 is 0 Å². The number of alkyl halides is 3. The molecule has 30 heavy (non-hydrogen) atoms. The Bertz CT molecular complexity index is 1050. The molecule has 2 N–H and O–H groups in total. The second-order valence-electron chi connectivity index (χ2n) is 7.31. The lowest BCUT2D eigenvalue weighted by Gasteiger charge is -2.40. The lowest BCUT2D eigenvalue weighted by molar-refractivity contribution is -0.177. The molecule has 0 bridgehead atoms. The summed E-state index contributed by atoms with van der Waals surface area (Å²) < 4.78 is 71.1. The molecule has 2 heterocycles. The van der Waals surface area contributed by atoms with Gasteiger partial charge in [0.05, 0.1) is 22.8 Å². The third-order valence-corrected chi connectivity index (χ3v) is 5.94. The summed E-state index contributed by atoms with van der Waals surface area (Å²) in [5.74, 6) is -2.02. The molecule has 1 saturated heterocycles. The molecule has 162 valence electrons. The van der Waals surface area contributed by atoms with Crippen molar-refractivity contribution in [2.75, 3.05) is 30.3 Å². The highest BCUT2D eigenvalue weighted by Crippen LogP contribution is 2.37. The number of halogens is 3. The topological polar surface area (TPSA) is 106 Å². The molecule has 0 spiro atoms. The zero-order chi connectivity index (χ0) is 21.9. The second kappa shape index (κ2) is 8.75. The molecule has 1 fully saturated rings. The van der Waals surface area contributed by atoms with E-state index in [4.69, 9.17) is 4.55 Å². The van der Waals surface area contributed by atoms with Crippen LogP contribution in [0.1, 0.15) is 18.4 Å². The van der Waals surface area contributed by atoms with Crippen LogP contribution in [0.15, 0.2) is 30.5 Å². The van der Waals surface area contributed by atoms with Crippen LogP contribution in [-0.2, 0) is 10.1 Å². The van der Waals surface area contributed by atoms with Crippen molar-refractivity contribution in [2.45, 2.75) is 25.1 Å². The van der Waals surface area contributed by atoms with Gasteiger partial charge >= 0.3 is 6.18 Å². The van der Waals surface area contributed by atoms with Crippen LogP contribution in [0.5, 0.6) is 0 Å². The Hall–Kier alpha value is -2.42. The minimum absolute atomic E-state index is 0.0930. The van der Waals surface area contributed by atoms with Crippen LogP contribution < -0.4 is 10.2 Å². The number of anilines is 1. The Morgan fingerprint density at radius 2 is 2.07 bits per heavy atom. The van der Waals surface area contributed by atoms with E-state index in [0.29, 0.717) is 22.2 Å². The zero-order valence-electron chi connectivity index (χ0n) is 15.9. The zero-order valence-corrected chi connectivity index (χ0v) is 16.7. The van der Waals surface area contributed by atoms with Gasteiger partial charge in [-0.15, -0.1) is 0 Å². The fraction of sp³-hybridized carbons (Fsp3) is 0.474. The number of nitriles is 1. The van der Waals surface area contributed by atoms with E-state index in [9.17, 15) is 26.9 Å². The van der Waals surface area contributed by atoms with Gasteiger partial charge in [-0.2, -0.15) is 26.9 Å². The molecular formula is C19H21F3N4O3S. The van der Waals surface area contributed by atoms with Crippen LogP contribution in [0.2, 0.25) is 0 Å². The first-order valence-corrected chi connectivity index (χ1v) is 11.0. The predicted molar refractivity (Wildman–Crippen MR) is 106 cm³/mol. The largest absolute Gasteiger partial charge is 0.393 e. The first kappa shape index (κ1) is 22.3. The number of hydrogen-bond donors (Lipinski definition) is 2. The standard InChI is InChI=1S/C19H21F3N4O3S/c20-19(21,22)14-9-15(24-7-2-8-30(27,28)29)12-26(11-14)17-5-4-13(10-23)18-16(17)3-1-6-25-18/h1,3-6,14-15,24H,2,7-9,11-12H2,(H,27,28,29)/t14-,15+/m1/s1. The quantitative estimate of drug-likeness (QED) is 0.523. The number of nitrogens with one attached hydrogen (secondary N) is 1. The minimum atomic E-state index is -4.38. The fourth-order valence-corrected chi connectivity index (χ4v) is 4.27. The minimum Gasteiger partial charge on any atom is -0.369 e. The van der Waals surface area contributed by atoms with Crippen molar-refractivity contribution in [1.82, 2.24) is 10.3 Å².